The number of nitrogens with one attached hydrogen (secondary N) is 1. The molecule has 168 valence electrons. The van der Waals surface area contributed by atoms with Crippen LogP contribution in [0.4, 0.5) is 4.79 Å². The summed E-state index contributed by atoms with van der Waals surface area (Å²) in [6.07, 6.45) is 4.13. The third-order valence-corrected chi connectivity index (χ3v) is 6.56. The molecule has 8 nitrogen and oxygen atoms in total. The molecule has 1 aromatic carbocycles. The number of carbonyl (C=O) groups is 2. The second-order valence-electron chi connectivity index (χ2n) is 8.66. The van der Waals surface area contributed by atoms with E-state index < -0.39 is 12.2 Å². The number of hydrogen-bond donors (Lipinski definition) is 1. The van der Waals surface area contributed by atoms with Gasteiger partial charge in [-0.3, -0.25) is 15.0 Å². The molecule has 0 bridgehead atoms. The summed E-state index contributed by atoms with van der Waals surface area (Å²) in [6, 6.07) is 9.45. The molecular formula is C23H34N6O2. The Bertz CT molecular complexity index is 806. The number of carbonyl (C=O) groups excluding carboxylic acids is 2. The molecule has 0 spiro atoms. The summed E-state index contributed by atoms with van der Waals surface area (Å²) in [5.41, 5.74) is 1.23. The lowest BCUT2D eigenvalue weighted by atomic mass is 10.1. The highest BCUT2D eigenvalue weighted by Crippen LogP contribution is 2.26. The number of nitrogens with zero attached hydrogens (tertiary/aromatic N) is 5. The van der Waals surface area contributed by atoms with Gasteiger partial charge in [0, 0.05) is 39.8 Å². The van der Waals surface area contributed by atoms with E-state index >= 15 is 0 Å². The van der Waals surface area contributed by atoms with Crippen molar-refractivity contribution in [1.82, 2.24) is 24.9 Å². The predicted molar refractivity (Wildman–Crippen MR) is 121 cm³/mol. The van der Waals surface area contributed by atoms with Gasteiger partial charge in [0.05, 0.1) is 0 Å². The van der Waals surface area contributed by atoms with Gasteiger partial charge in [0.25, 0.3) is 5.91 Å². The van der Waals surface area contributed by atoms with Gasteiger partial charge in [-0.2, -0.15) is 0 Å². The average molecular weight is 427 g/mol. The van der Waals surface area contributed by atoms with Crippen LogP contribution in [-0.4, -0.2) is 96.0 Å². The van der Waals surface area contributed by atoms with Crippen LogP contribution in [0.5, 0.6) is 0 Å². The SMILES string of the molecule is CCCCCN1CCN(C2=NC3C(C(=O)NC(=O)N3C)N2CCc2ccccc2)CC1. The van der Waals surface area contributed by atoms with Gasteiger partial charge in [-0.05, 0) is 24.9 Å². The fourth-order valence-corrected chi connectivity index (χ4v) is 4.66. The van der Waals surface area contributed by atoms with E-state index in [0.717, 1.165) is 45.1 Å². The number of amides is 3. The van der Waals surface area contributed by atoms with E-state index in [0.29, 0.717) is 6.54 Å². The van der Waals surface area contributed by atoms with Gasteiger partial charge in [0.2, 0.25) is 0 Å². The van der Waals surface area contributed by atoms with E-state index in [2.05, 4.69) is 39.1 Å². The molecular weight excluding hydrogens is 392 g/mol. The highest BCUT2D eigenvalue weighted by molar-refractivity contribution is 6.03. The molecule has 2 unspecified atom stereocenters. The topological polar surface area (TPSA) is 71.5 Å². The van der Waals surface area contributed by atoms with Crippen LogP contribution in [0.25, 0.3) is 0 Å². The number of urea groups is 1. The minimum absolute atomic E-state index is 0.252. The zero-order valence-electron chi connectivity index (χ0n) is 18.7. The van der Waals surface area contributed by atoms with Crippen LogP contribution in [0.1, 0.15) is 31.7 Å². The lowest BCUT2D eigenvalue weighted by Gasteiger charge is -2.40. The smallest absolute Gasteiger partial charge is 0.325 e. The zero-order valence-corrected chi connectivity index (χ0v) is 18.7. The number of imide groups is 1. The van der Waals surface area contributed by atoms with Crippen LogP contribution < -0.4 is 5.32 Å². The summed E-state index contributed by atoms with van der Waals surface area (Å²) in [4.78, 5) is 38.3. The molecule has 31 heavy (non-hydrogen) atoms. The van der Waals surface area contributed by atoms with Gasteiger partial charge in [-0.25, -0.2) is 9.79 Å². The van der Waals surface area contributed by atoms with Crippen LogP contribution in [-0.2, 0) is 11.2 Å². The quantitative estimate of drug-likeness (QED) is 0.671. The van der Waals surface area contributed by atoms with Crippen molar-refractivity contribution in [3.05, 3.63) is 35.9 Å². The van der Waals surface area contributed by atoms with E-state index in [1.165, 1.54) is 24.8 Å². The zero-order chi connectivity index (χ0) is 21.8. The molecule has 3 amide bonds. The summed E-state index contributed by atoms with van der Waals surface area (Å²) in [5, 5.41) is 2.49. The number of aliphatic imine (C=N–C) groups is 1. The Balaban J connectivity index is 1.48. The van der Waals surface area contributed by atoms with Crippen molar-refractivity contribution < 1.29 is 9.59 Å². The van der Waals surface area contributed by atoms with Crippen LogP contribution >= 0.6 is 0 Å². The molecule has 0 saturated carbocycles. The summed E-state index contributed by atoms with van der Waals surface area (Å²) in [5.74, 6) is 0.606. The van der Waals surface area contributed by atoms with Gasteiger partial charge < -0.3 is 14.7 Å². The Kier molecular flexibility index (Phi) is 6.75. The molecule has 8 heteroatoms. The summed E-state index contributed by atoms with van der Waals surface area (Å²) in [6.45, 7) is 7.87. The normalized spacial score (nSPS) is 24.3. The highest BCUT2D eigenvalue weighted by Gasteiger charge is 2.49. The predicted octanol–water partition coefficient (Wildman–Crippen LogP) is 1.58. The molecule has 0 aliphatic carbocycles. The minimum atomic E-state index is -0.469. The minimum Gasteiger partial charge on any atom is -0.340 e. The average Bonchev–Trinajstić information content (AvgIpc) is 3.18. The molecule has 3 heterocycles. The van der Waals surface area contributed by atoms with Gasteiger partial charge in [-0.15, -0.1) is 0 Å². The molecule has 2 saturated heterocycles. The van der Waals surface area contributed by atoms with Crippen molar-refractivity contribution >= 4 is 17.9 Å². The van der Waals surface area contributed by atoms with Crippen molar-refractivity contribution in [2.45, 2.75) is 44.8 Å². The monoisotopic (exact) mass is 426 g/mol. The Morgan fingerprint density at radius 2 is 1.77 bits per heavy atom. The number of unbranched alkanes of at least 4 members (excludes halogenated alkanes) is 2. The number of benzene rings is 1. The first-order valence-electron chi connectivity index (χ1n) is 11.5. The van der Waals surface area contributed by atoms with Crippen molar-refractivity contribution in [2.24, 2.45) is 4.99 Å². The third kappa shape index (κ3) is 4.69. The number of piperazine rings is 1. The highest BCUT2D eigenvalue weighted by atomic mass is 16.2. The maximum absolute atomic E-state index is 12.8. The molecule has 3 aliphatic heterocycles. The summed E-state index contributed by atoms with van der Waals surface area (Å²) in [7, 11) is 1.72. The Labute approximate surface area is 184 Å². The van der Waals surface area contributed by atoms with Gasteiger partial charge in [0.1, 0.15) is 0 Å². The molecule has 2 atom stereocenters. The van der Waals surface area contributed by atoms with E-state index in [1.807, 2.05) is 18.2 Å². The summed E-state index contributed by atoms with van der Waals surface area (Å²) >= 11 is 0. The molecule has 0 aromatic heterocycles. The third-order valence-electron chi connectivity index (χ3n) is 6.56. The van der Waals surface area contributed by atoms with Crippen molar-refractivity contribution in [1.29, 1.82) is 0 Å². The molecule has 1 aromatic rings. The molecule has 4 rings (SSSR count). The molecule has 3 aliphatic rings. The standard InChI is InChI=1S/C23H34N6O2/c1-3-4-8-12-27-14-16-28(17-15-27)22-24-20-19(21(30)25-23(31)26(20)2)29(22)13-11-18-9-6-5-7-10-18/h5-7,9-10,19-20H,3-4,8,11-17H2,1-2H3,(H,25,30,31). The second-order valence-corrected chi connectivity index (χ2v) is 8.66. The first kappa shape index (κ1) is 21.6. The van der Waals surface area contributed by atoms with E-state index in [1.54, 1.807) is 11.9 Å². The Hall–Kier alpha value is -2.61. The van der Waals surface area contributed by atoms with Crippen molar-refractivity contribution in [2.75, 3.05) is 46.3 Å². The number of fused-ring (bicyclic) bond motifs is 1. The first-order valence-corrected chi connectivity index (χ1v) is 11.5. The Morgan fingerprint density at radius 1 is 1.03 bits per heavy atom. The number of likely N-dealkylation sites (N-methyl/N-ethyl adjacent to an activating group) is 1. The number of rotatable bonds is 7. The first-order chi connectivity index (χ1) is 15.1. The lowest BCUT2D eigenvalue weighted by Crippen LogP contribution is -2.64. The van der Waals surface area contributed by atoms with Gasteiger partial charge >= 0.3 is 6.03 Å². The van der Waals surface area contributed by atoms with Crippen molar-refractivity contribution in [3.63, 3.8) is 0 Å². The molecule has 2 fully saturated rings. The van der Waals surface area contributed by atoms with Crippen molar-refractivity contribution in [3.8, 4) is 0 Å². The van der Waals surface area contributed by atoms with E-state index in [9.17, 15) is 9.59 Å². The van der Waals surface area contributed by atoms with Gasteiger partial charge in [-0.1, -0.05) is 50.1 Å². The molecule has 0 radical (unpaired) electrons. The fraction of sp³-hybridized carbons (Fsp3) is 0.609. The summed E-state index contributed by atoms with van der Waals surface area (Å²) < 4.78 is 0. The fourth-order valence-electron chi connectivity index (χ4n) is 4.66. The lowest BCUT2D eigenvalue weighted by molar-refractivity contribution is -0.127. The maximum Gasteiger partial charge on any atom is 0.325 e. The van der Waals surface area contributed by atoms with Crippen LogP contribution in [0, 0.1) is 0 Å². The van der Waals surface area contributed by atoms with E-state index in [4.69, 9.17) is 4.99 Å². The number of guanidine groups is 1. The molecule has 1 N–H and O–H groups in total. The van der Waals surface area contributed by atoms with Crippen LogP contribution in [0.2, 0.25) is 0 Å². The van der Waals surface area contributed by atoms with Crippen LogP contribution in [0.15, 0.2) is 35.3 Å². The second kappa shape index (κ2) is 9.68. The maximum atomic E-state index is 12.8. The largest absolute Gasteiger partial charge is 0.340 e. The van der Waals surface area contributed by atoms with Gasteiger partial charge in [0.15, 0.2) is 18.2 Å². The number of hydrogen-bond acceptors (Lipinski definition) is 6. The van der Waals surface area contributed by atoms with Crippen LogP contribution in [0.3, 0.4) is 0 Å². The Morgan fingerprint density at radius 3 is 2.48 bits per heavy atom. The van der Waals surface area contributed by atoms with E-state index in [-0.39, 0.29) is 11.9 Å².